The zero-order valence-corrected chi connectivity index (χ0v) is 29.3. The first-order chi connectivity index (χ1) is 23.0. The molecule has 4 aliphatic rings. The van der Waals surface area contributed by atoms with Gasteiger partial charge in [0.15, 0.2) is 11.7 Å². The Balaban J connectivity index is -0.000000263. The van der Waals surface area contributed by atoms with Gasteiger partial charge >= 0.3 is 29.6 Å². The van der Waals surface area contributed by atoms with Gasteiger partial charge in [-0.15, -0.1) is 10.2 Å². The number of hydrogen-bond donors (Lipinski definition) is 8. The van der Waals surface area contributed by atoms with Crippen molar-refractivity contribution in [3.05, 3.63) is 0 Å². The van der Waals surface area contributed by atoms with Crippen molar-refractivity contribution in [3.63, 3.8) is 0 Å². The van der Waals surface area contributed by atoms with Gasteiger partial charge in [0.05, 0.1) is 37.7 Å². The second-order valence-corrected chi connectivity index (χ2v) is 7.29. The maximum Gasteiger partial charge on any atom is 1.00 e. The van der Waals surface area contributed by atoms with Gasteiger partial charge in [0.2, 0.25) is 11.7 Å². The molecule has 0 radical (unpaired) electrons. The van der Waals surface area contributed by atoms with E-state index in [0.717, 1.165) is 46.2 Å². The Hall–Kier alpha value is -3.76. The molecule has 1 fully saturated rings. The standard InChI is InChI=1S/2C4H8N6O4.C4H10N2.C4H8N2.C2H3N.CH4O.CH3O.Na/c2*11-13-9-7-4(8-10-14-12)3-5-1-2-6-3;2*1-4-5-2-3-6-4;1-2-3;2*1-2;/h2*9,11-12H,1-2H2,(H,5,6);4-6H,2-3H2,1H3;2-3H2,1H3,(H,5,6);1H3;2H,1H3;1H3;/q;;;;;;-1;+1/p-4. The minimum absolute atomic E-state index is 0. The minimum Gasteiger partial charge on any atom is -0.857 e. The molecule has 4 aliphatic heterocycles. The molecular weight excluding hydrogens is 661 g/mol. The Labute approximate surface area is 297 Å². The van der Waals surface area contributed by atoms with E-state index in [1.54, 1.807) is 17.2 Å². The van der Waals surface area contributed by atoms with Gasteiger partial charge < -0.3 is 77.8 Å². The van der Waals surface area contributed by atoms with Crippen LogP contribution < -0.4 is 93.5 Å². The summed E-state index contributed by atoms with van der Waals surface area (Å²) in [7, 11) is 1.75. The molecule has 4 rings (SSSR count). The summed E-state index contributed by atoms with van der Waals surface area (Å²) < 4.78 is 0. The summed E-state index contributed by atoms with van der Waals surface area (Å²) in [6.45, 7) is 12.1. The van der Waals surface area contributed by atoms with E-state index in [9.17, 15) is 21.0 Å². The van der Waals surface area contributed by atoms with Gasteiger partial charge in [-0.3, -0.25) is 15.0 Å². The van der Waals surface area contributed by atoms with Crippen molar-refractivity contribution in [2.45, 2.75) is 26.9 Å². The monoisotopic (exact) mass is 701 g/mol. The smallest absolute Gasteiger partial charge is 0.857 e. The molecule has 8 N–H and O–H groups in total. The van der Waals surface area contributed by atoms with E-state index in [-0.39, 0.29) is 52.9 Å². The van der Waals surface area contributed by atoms with Gasteiger partial charge in [0, 0.05) is 57.3 Å². The van der Waals surface area contributed by atoms with Gasteiger partial charge in [-0.25, -0.2) is 0 Å². The van der Waals surface area contributed by atoms with Crippen LogP contribution in [0.2, 0.25) is 0 Å². The van der Waals surface area contributed by atoms with E-state index in [4.69, 9.17) is 15.5 Å². The number of aliphatic hydroxyl groups excluding tert-OH is 1. The molecule has 0 aromatic heterocycles. The van der Waals surface area contributed by atoms with E-state index in [1.165, 1.54) is 6.92 Å². The van der Waals surface area contributed by atoms with Crippen molar-refractivity contribution >= 4 is 29.2 Å². The summed E-state index contributed by atoms with van der Waals surface area (Å²) >= 11 is 0. The second-order valence-electron chi connectivity index (χ2n) is 7.29. The van der Waals surface area contributed by atoms with Crippen LogP contribution in [0.3, 0.4) is 0 Å². The van der Waals surface area contributed by atoms with Crippen LogP contribution in [-0.2, 0) is 20.0 Å². The van der Waals surface area contributed by atoms with E-state index in [0.29, 0.717) is 32.3 Å². The van der Waals surface area contributed by atoms with Gasteiger partial charge in [-0.05, 0) is 13.8 Å². The maximum absolute atomic E-state index is 9.58. The van der Waals surface area contributed by atoms with Crippen LogP contribution in [0.1, 0.15) is 20.8 Å². The molecule has 0 amide bonds. The van der Waals surface area contributed by atoms with Crippen LogP contribution in [0, 0.1) is 11.3 Å². The first kappa shape index (κ1) is 51.1. The fourth-order valence-corrected chi connectivity index (χ4v) is 2.74. The van der Waals surface area contributed by atoms with Crippen molar-refractivity contribution in [1.82, 2.24) is 37.8 Å². The molecule has 27 nitrogen and oxygen atoms in total. The van der Waals surface area contributed by atoms with E-state index in [2.05, 4.69) is 99.4 Å². The third-order valence-electron chi connectivity index (χ3n) is 4.35. The summed E-state index contributed by atoms with van der Waals surface area (Å²) in [5, 5.41) is 94.3. The Morgan fingerprint density at radius 3 is 1.38 bits per heavy atom. The average molecular weight is 702 g/mol. The predicted octanol–water partition coefficient (Wildman–Crippen LogP) is -10.8. The fraction of sp³-hybridized carbons (Fsp3) is 0.700. The molecule has 0 saturated carbocycles. The average Bonchev–Trinajstić information content (AvgIpc) is 3.95. The molecule has 1 saturated heterocycles. The fourth-order valence-electron chi connectivity index (χ4n) is 2.74. The molecular formula is C20H40N17NaO10-4. The zero-order valence-electron chi connectivity index (χ0n) is 27.3. The van der Waals surface area contributed by atoms with Crippen molar-refractivity contribution in [2.24, 2.45) is 46.0 Å². The first-order valence-electron chi connectivity index (χ1n) is 13.1. The summed E-state index contributed by atoms with van der Waals surface area (Å²) in [5.74, 6) is 1.42. The molecule has 0 aromatic rings. The number of hydrogen-bond acceptors (Lipinski definition) is 25. The zero-order chi connectivity index (χ0) is 36.0. The van der Waals surface area contributed by atoms with Gasteiger partial charge in [-0.2, -0.15) is 23.5 Å². The third-order valence-corrected chi connectivity index (χ3v) is 4.35. The quantitative estimate of drug-likeness (QED) is 0.0291. The number of nitrogens with zero attached hydrogens (tertiary/aromatic N) is 10. The molecule has 28 heteroatoms. The van der Waals surface area contributed by atoms with Crippen molar-refractivity contribution in [2.75, 3.05) is 66.6 Å². The molecule has 0 spiro atoms. The number of amidine groups is 5. The van der Waals surface area contributed by atoms with E-state index >= 15 is 0 Å². The molecule has 0 aliphatic carbocycles. The predicted molar refractivity (Wildman–Crippen MR) is 153 cm³/mol. The number of nitriles is 1. The van der Waals surface area contributed by atoms with Crippen LogP contribution in [0.4, 0.5) is 0 Å². The number of nitrogens with one attached hydrogen (secondary N) is 7. The van der Waals surface area contributed by atoms with E-state index < -0.39 is 0 Å². The van der Waals surface area contributed by atoms with Crippen LogP contribution in [-0.4, -0.2) is 107 Å². The van der Waals surface area contributed by atoms with Crippen LogP contribution in [0.5, 0.6) is 0 Å². The Bertz CT molecular complexity index is 952. The summed E-state index contributed by atoms with van der Waals surface area (Å²) in [4.78, 5) is 24.5. The van der Waals surface area contributed by atoms with Crippen LogP contribution >= 0.6 is 0 Å². The minimum atomic E-state index is -0.116. The normalized spacial score (nSPS) is 15.8. The Morgan fingerprint density at radius 1 is 0.792 bits per heavy atom. The molecule has 4 heterocycles. The number of rotatable bonds is 8. The topological polar surface area (TPSA) is 392 Å². The summed E-state index contributed by atoms with van der Waals surface area (Å²) in [5.41, 5.74) is 3.27. The second kappa shape index (κ2) is 41.3. The Morgan fingerprint density at radius 2 is 1.17 bits per heavy atom. The molecule has 0 atom stereocenters. The maximum atomic E-state index is 9.58. The summed E-state index contributed by atoms with van der Waals surface area (Å²) in [6, 6.07) is 1.75. The van der Waals surface area contributed by atoms with Crippen LogP contribution in [0.25, 0.3) is 0 Å². The number of hydrazone groups is 2. The Kier molecular flexibility index (Phi) is 43.9. The third kappa shape index (κ3) is 30.9. The van der Waals surface area contributed by atoms with Gasteiger partial charge in [-0.1, -0.05) is 10.2 Å². The molecule has 48 heavy (non-hydrogen) atoms. The molecule has 270 valence electrons. The number of aliphatic hydroxyl groups is 1. The number of aliphatic imine (C=N–C) groups is 3. The van der Waals surface area contributed by atoms with Gasteiger partial charge in [0.25, 0.3) is 0 Å². The SMILES string of the molecule is CC#N.CC1=NCCN1.CC1NCCN1.CO.C[O-].[Na+].[O-]ON=NC(=NNO[O-])C1=NCCN1.[O-]ON=NC(=NNO[O-])C1=NCCN1. The largest absolute Gasteiger partial charge is 1.00 e. The van der Waals surface area contributed by atoms with Crippen LogP contribution in [0.15, 0.2) is 46.0 Å². The molecule has 0 unspecified atom stereocenters. The molecule has 0 aromatic carbocycles. The van der Waals surface area contributed by atoms with E-state index in [1.807, 2.05) is 6.92 Å². The van der Waals surface area contributed by atoms with Crippen molar-refractivity contribution in [3.8, 4) is 6.07 Å². The van der Waals surface area contributed by atoms with Gasteiger partial charge in [0.1, 0.15) is 0 Å². The first-order valence-corrected chi connectivity index (χ1v) is 13.1. The molecule has 0 bridgehead atoms. The van der Waals surface area contributed by atoms with Crippen molar-refractivity contribution < 1.29 is 80.8 Å². The van der Waals surface area contributed by atoms with Crippen molar-refractivity contribution in [1.29, 1.82) is 5.26 Å². The summed E-state index contributed by atoms with van der Waals surface area (Å²) in [6.07, 6.45) is 0.546.